The van der Waals surface area contributed by atoms with Crippen LogP contribution in [0.4, 0.5) is 0 Å². The van der Waals surface area contributed by atoms with Gasteiger partial charge in [-0.1, -0.05) is 0 Å². The Balaban J connectivity index is 2.01. The molecule has 0 aromatic heterocycles. The summed E-state index contributed by atoms with van der Waals surface area (Å²) in [4.78, 5) is 11.0. The highest BCUT2D eigenvalue weighted by molar-refractivity contribution is 9.11. The first-order valence-corrected chi connectivity index (χ1v) is 6.59. The molecule has 1 heterocycles. The van der Waals surface area contributed by atoms with Gasteiger partial charge in [0.1, 0.15) is 11.9 Å². The van der Waals surface area contributed by atoms with Crippen LogP contribution in [0.25, 0.3) is 0 Å². The van der Waals surface area contributed by atoms with Crippen molar-refractivity contribution in [3.8, 4) is 0 Å². The van der Waals surface area contributed by atoms with Crippen molar-refractivity contribution in [3.05, 3.63) is 21.9 Å². The van der Waals surface area contributed by atoms with Crippen molar-refractivity contribution < 1.29 is 14.3 Å². The summed E-state index contributed by atoms with van der Waals surface area (Å²) in [5.41, 5.74) is 5.90. The average Bonchev–Trinajstić information content (AvgIpc) is 2.33. The van der Waals surface area contributed by atoms with Gasteiger partial charge in [-0.05, 0) is 28.4 Å². The summed E-state index contributed by atoms with van der Waals surface area (Å²) in [5, 5.41) is 0. The van der Waals surface area contributed by atoms with Gasteiger partial charge in [0.2, 0.25) is 5.91 Å². The van der Waals surface area contributed by atoms with Crippen LogP contribution < -0.4 is 5.73 Å². The first-order chi connectivity index (χ1) is 8.16. The molecule has 1 amide bonds. The van der Waals surface area contributed by atoms with Crippen LogP contribution >= 0.6 is 15.9 Å². The summed E-state index contributed by atoms with van der Waals surface area (Å²) in [6.45, 7) is 1.52. The zero-order valence-corrected chi connectivity index (χ0v) is 11.2. The van der Waals surface area contributed by atoms with Crippen LogP contribution in [0.2, 0.25) is 0 Å². The number of rotatable bonds is 3. The predicted octanol–water partition coefficient (Wildman–Crippen LogP) is 1.99. The van der Waals surface area contributed by atoms with Crippen LogP contribution in [0.1, 0.15) is 25.7 Å². The van der Waals surface area contributed by atoms with Crippen molar-refractivity contribution >= 4 is 21.8 Å². The molecule has 0 radical (unpaired) electrons. The van der Waals surface area contributed by atoms with E-state index in [1.807, 2.05) is 0 Å². The molecule has 0 saturated carbocycles. The number of hydrogen-bond donors (Lipinski definition) is 1. The monoisotopic (exact) mass is 301 g/mol. The summed E-state index contributed by atoms with van der Waals surface area (Å²) in [6, 6.07) is 0. The quantitative estimate of drug-likeness (QED) is 0.867. The third-order valence-electron chi connectivity index (χ3n) is 2.98. The molecule has 1 saturated heterocycles. The van der Waals surface area contributed by atoms with Crippen molar-refractivity contribution in [2.24, 2.45) is 5.73 Å². The molecule has 94 valence electrons. The fraction of sp³-hybridized carbons (Fsp3) is 0.583. The number of primary amides is 1. The highest BCUT2D eigenvalue weighted by Gasteiger charge is 2.21. The van der Waals surface area contributed by atoms with Gasteiger partial charge in [-0.25, -0.2) is 0 Å². The average molecular weight is 302 g/mol. The van der Waals surface area contributed by atoms with Gasteiger partial charge in [0, 0.05) is 24.8 Å². The first kappa shape index (κ1) is 12.6. The molecule has 5 heteroatoms. The number of carbonyl (C=O) groups excluding carboxylic acids is 1. The molecule has 1 fully saturated rings. The number of ether oxygens (including phenoxy) is 2. The molecular weight excluding hydrogens is 286 g/mol. The van der Waals surface area contributed by atoms with Crippen LogP contribution in [0.5, 0.6) is 0 Å². The van der Waals surface area contributed by atoms with Crippen molar-refractivity contribution in [2.75, 3.05) is 13.2 Å². The first-order valence-electron chi connectivity index (χ1n) is 5.80. The molecule has 2 rings (SSSR count). The van der Waals surface area contributed by atoms with E-state index in [1.54, 1.807) is 6.08 Å². The van der Waals surface area contributed by atoms with Crippen molar-refractivity contribution in [1.29, 1.82) is 0 Å². The summed E-state index contributed by atoms with van der Waals surface area (Å²) >= 11 is 3.43. The second kappa shape index (κ2) is 5.69. The van der Waals surface area contributed by atoms with E-state index in [-0.39, 0.29) is 12.0 Å². The molecule has 2 aliphatic rings. The molecule has 0 unspecified atom stereocenters. The van der Waals surface area contributed by atoms with E-state index < -0.39 is 0 Å². The zero-order valence-electron chi connectivity index (χ0n) is 9.58. The fourth-order valence-electron chi connectivity index (χ4n) is 1.98. The van der Waals surface area contributed by atoms with Gasteiger partial charge in [0.15, 0.2) is 0 Å². The number of halogens is 1. The maximum Gasteiger partial charge on any atom is 0.244 e. The normalized spacial score (nSPS) is 22.3. The van der Waals surface area contributed by atoms with Crippen LogP contribution in [0.15, 0.2) is 21.9 Å². The topological polar surface area (TPSA) is 61.6 Å². The van der Waals surface area contributed by atoms with Crippen LogP contribution in [0, 0.1) is 0 Å². The second-order valence-electron chi connectivity index (χ2n) is 4.23. The van der Waals surface area contributed by atoms with E-state index in [0.717, 1.165) is 42.7 Å². The lowest BCUT2D eigenvalue weighted by atomic mass is 10.0. The molecular formula is C12H16BrNO3. The zero-order chi connectivity index (χ0) is 12.3. The van der Waals surface area contributed by atoms with Crippen molar-refractivity contribution in [1.82, 2.24) is 0 Å². The maximum atomic E-state index is 11.0. The molecule has 1 aliphatic carbocycles. The Morgan fingerprint density at radius 1 is 1.41 bits per heavy atom. The van der Waals surface area contributed by atoms with Gasteiger partial charge < -0.3 is 15.2 Å². The summed E-state index contributed by atoms with van der Waals surface area (Å²) < 4.78 is 12.0. The SMILES string of the molecule is NC(=O)C1=CC(Br)=C(OC2CCOCC2)CC1. The predicted molar refractivity (Wildman–Crippen MR) is 67.4 cm³/mol. The molecule has 0 aromatic carbocycles. The van der Waals surface area contributed by atoms with Gasteiger partial charge in [-0.3, -0.25) is 4.79 Å². The standard InChI is InChI=1S/C12H16BrNO3/c13-10-7-8(12(14)15)1-2-11(10)17-9-3-5-16-6-4-9/h7,9H,1-6H2,(H2,14,15). The second-order valence-corrected chi connectivity index (χ2v) is 5.09. The Hall–Kier alpha value is -0.810. The van der Waals surface area contributed by atoms with Crippen LogP contribution in [-0.2, 0) is 14.3 Å². The number of carbonyl (C=O) groups is 1. The van der Waals surface area contributed by atoms with Gasteiger partial charge in [-0.15, -0.1) is 0 Å². The summed E-state index contributed by atoms with van der Waals surface area (Å²) in [7, 11) is 0. The minimum absolute atomic E-state index is 0.231. The van der Waals surface area contributed by atoms with Gasteiger partial charge >= 0.3 is 0 Å². The van der Waals surface area contributed by atoms with E-state index in [1.165, 1.54) is 0 Å². The number of allylic oxidation sites excluding steroid dienone is 3. The molecule has 4 nitrogen and oxygen atoms in total. The minimum Gasteiger partial charge on any atom is -0.493 e. The Morgan fingerprint density at radius 2 is 2.12 bits per heavy atom. The Labute approximate surface area is 109 Å². The summed E-state index contributed by atoms with van der Waals surface area (Å²) in [6.07, 6.45) is 5.23. The summed E-state index contributed by atoms with van der Waals surface area (Å²) in [5.74, 6) is 0.564. The molecule has 0 bridgehead atoms. The molecule has 17 heavy (non-hydrogen) atoms. The Bertz CT molecular complexity index is 370. The Morgan fingerprint density at radius 3 is 2.71 bits per heavy atom. The lowest BCUT2D eigenvalue weighted by Crippen LogP contribution is -2.24. The van der Waals surface area contributed by atoms with E-state index in [4.69, 9.17) is 15.2 Å². The lowest BCUT2D eigenvalue weighted by molar-refractivity contribution is -0.114. The highest BCUT2D eigenvalue weighted by atomic mass is 79.9. The van der Waals surface area contributed by atoms with Gasteiger partial charge in [0.05, 0.1) is 17.7 Å². The Kier molecular flexibility index (Phi) is 4.23. The third-order valence-corrected chi connectivity index (χ3v) is 3.65. The molecule has 0 spiro atoms. The maximum absolute atomic E-state index is 11.0. The van der Waals surface area contributed by atoms with Gasteiger partial charge in [0.25, 0.3) is 0 Å². The van der Waals surface area contributed by atoms with Crippen molar-refractivity contribution in [2.45, 2.75) is 31.8 Å². The molecule has 2 N–H and O–H groups in total. The number of hydrogen-bond acceptors (Lipinski definition) is 3. The largest absolute Gasteiger partial charge is 0.493 e. The highest BCUT2D eigenvalue weighted by Crippen LogP contribution is 2.30. The van der Waals surface area contributed by atoms with Crippen LogP contribution in [0.3, 0.4) is 0 Å². The van der Waals surface area contributed by atoms with E-state index >= 15 is 0 Å². The van der Waals surface area contributed by atoms with Gasteiger partial charge in [-0.2, -0.15) is 0 Å². The van der Waals surface area contributed by atoms with E-state index in [9.17, 15) is 4.79 Å². The van der Waals surface area contributed by atoms with E-state index in [2.05, 4.69) is 15.9 Å². The smallest absolute Gasteiger partial charge is 0.244 e. The minimum atomic E-state index is -0.355. The van der Waals surface area contributed by atoms with Crippen molar-refractivity contribution in [3.63, 3.8) is 0 Å². The molecule has 1 aliphatic heterocycles. The molecule has 0 aromatic rings. The van der Waals surface area contributed by atoms with E-state index in [0.29, 0.717) is 12.0 Å². The number of amides is 1. The van der Waals surface area contributed by atoms with Crippen LogP contribution in [-0.4, -0.2) is 25.2 Å². The molecule has 0 atom stereocenters. The lowest BCUT2D eigenvalue weighted by Gasteiger charge is -2.26. The third kappa shape index (κ3) is 3.33. The fourth-order valence-corrected chi connectivity index (χ4v) is 2.55. The number of nitrogens with two attached hydrogens (primary N) is 1.